The SMILES string of the molecule is COCn1cc(-c2ccccc2)nc([N+](=O)[O-])c1=O. The molecule has 0 N–H and O–H groups in total. The van der Waals surface area contributed by atoms with E-state index in [4.69, 9.17) is 4.74 Å². The smallest absolute Gasteiger partial charge is 0.364 e. The highest BCUT2D eigenvalue weighted by Crippen LogP contribution is 2.17. The summed E-state index contributed by atoms with van der Waals surface area (Å²) in [5.41, 5.74) is 0.255. The molecule has 0 amide bonds. The van der Waals surface area contributed by atoms with E-state index in [0.29, 0.717) is 11.3 Å². The minimum Gasteiger partial charge on any atom is -0.364 e. The highest BCUT2D eigenvalue weighted by Gasteiger charge is 2.20. The Morgan fingerprint density at radius 2 is 2.05 bits per heavy atom. The summed E-state index contributed by atoms with van der Waals surface area (Å²) in [7, 11) is 1.40. The van der Waals surface area contributed by atoms with Crippen molar-refractivity contribution in [2.24, 2.45) is 0 Å². The molecule has 0 unspecified atom stereocenters. The summed E-state index contributed by atoms with van der Waals surface area (Å²) in [4.78, 5) is 25.6. The Bertz CT molecular complexity index is 652. The Kier molecular flexibility index (Phi) is 3.67. The van der Waals surface area contributed by atoms with Crippen LogP contribution in [-0.4, -0.2) is 21.6 Å². The van der Waals surface area contributed by atoms with E-state index in [0.717, 1.165) is 4.57 Å². The Labute approximate surface area is 108 Å². The van der Waals surface area contributed by atoms with Gasteiger partial charge in [0, 0.05) is 12.7 Å². The lowest BCUT2D eigenvalue weighted by Crippen LogP contribution is -2.24. The van der Waals surface area contributed by atoms with Crippen LogP contribution in [0.4, 0.5) is 5.82 Å². The zero-order valence-electron chi connectivity index (χ0n) is 10.1. The fourth-order valence-electron chi connectivity index (χ4n) is 1.63. The lowest BCUT2D eigenvalue weighted by atomic mass is 10.2. The molecule has 0 aliphatic carbocycles. The van der Waals surface area contributed by atoms with E-state index in [9.17, 15) is 14.9 Å². The molecule has 0 bridgehead atoms. The maximum absolute atomic E-state index is 11.8. The third-order valence-electron chi connectivity index (χ3n) is 2.47. The summed E-state index contributed by atoms with van der Waals surface area (Å²) in [6, 6.07) is 8.91. The number of nitro groups is 1. The average Bonchev–Trinajstić information content (AvgIpc) is 2.42. The second kappa shape index (κ2) is 5.40. The molecule has 0 fully saturated rings. The summed E-state index contributed by atoms with van der Waals surface area (Å²) in [5, 5.41) is 10.9. The molecule has 0 saturated carbocycles. The molecular weight excluding hydrogens is 250 g/mol. The summed E-state index contributed by atoms with van der Waals surface area (Å²) in [6.07, 6.45) is 1.44. The first-order valence-corrected chi connectivity index (χ1v) is 5.43. The van der Waals surface area contributed by atoms with Gasteiger partial charge in [0.05, 0.1) is 6.20 Å². The number of benzene rings is 1. The first-order valence-electron chi connectivity index (χ1n) is 5.43. The Morgan fingerprint density at radius 1 is 1.37 bits per heavy atom. The van der Waals surface area contributed by atoms with Gasteiger partial charge in [0.15, 0.2) is 5.69 Å². The van der Waals surface area contributed by atoms with Crippen molar-refractivity contribution in [3.63, 3.8) is 0 Å². The summed E-state index contributed by atoms with van der Waals surface area (Å²) in [5.74, 6) is -0.710. The quantitative estimate of drug-likeness (QED) is 0.613. The molecule has 2 rings (SSSR count). The molecule has 2 aromatic rings. The number of hydrogen-bond acceptors (Lipinski definition) is 5. The summed E-state index contributed by atoms with van der Waals surface area (Å²) >= 11 is 0. The molecule has 98 valence electrons. The molecule has 1 aromatic heterocycles. The van der Waals surface area contributed by atoms with Gasteiger partial charge in [0.25, 0.3) is 0 Å². The molecule has 0 saturated heterocycles. The lowest BCUT2D eigenvalue weighted by molar-refractivity contribution is -0.391. The zero-order valence-corrected chi connectivity index (χ0v) is 10.1. The van der Waals surface area contributed by atoms with Crippen LogP contribution in [0.1, 0.15) is 0 Å². The number of hydrogen-bond donors (Lipinski definition) is 0. The second-order valence-electron chi connectivity index (χ2n) is 3.77. The maximum atomic E-state index is 11.8. The minimum absolute atomic E-state index is 0.0674. The van der Waals surface area contributed by atoms with Crippen LogP contribution in [0.2, 0.25) is 0 Å². The van der Waals surface area contributed by atoms with Gasteiger partial charge in [0.2, 0.25) is 0 Å². The fraction of sp³-hybridized carbons (Fsp3) is 0.167. The Morgan fingerprint density at radius 3 is 2.63 bits per heavy atom. The standard InChI is InChI=1S/C12H11N3O4/c1-19-8-14-7-10(9-5-3-2-4-6-9)13-11(12(14)16)15(17)18/h2-7H,8H2,1H3. The van der Waals surface area contributed by atoms with Gasteiger partial charge in [-0.3, -0.25) is 9.36 Å². The predicted octanol–water partition coefficient (Wildman–Crippen LogP) is 1.42. The fourth-order valence-corrected chi connectivity index (χ4v) is 1.63. The normalized spacial score (nSPS) is 10.4. The molecule has 19 heavy (non-hydrogen) atoms. The molecule has 0 aliphatic rings. The number of rotatable bonds is 4. The van der Waals surface area contributed by atoms with Crippen LogP contribution in [-0.2, 0) is 11.5 Å². The molecule has 1 aromatic carbocycles. The molecule has 0 radical (unpaired) electrons. The van der Waals surface area contributed by atoms with E-state index in [1.54, 1.807) is 24.3 Å². The van der Waals surface area contributed by atoms with Gasteiger partial charge in [-0.05, 0) is 9.91 Å². The monoisotopic (exact) mass is 261 g/mol. The van der Waals surface area contributed by atoms with E-state index >= 15 is 0 Å². The van der Waals surface area contributed by atoms with Gasteiger partial charge in [-0.25, -0.2) is 0 Å². The number of nitrogens with zero attached hydrogens (tertiary/aromatic N) is 3. The van der Waals surface area contributed by atoms with Gasteiger partial charge in [-0.1, -0.05) is 30.3 Å². The molecule has 0 spiro atoms. The van der Waals surface area contributed by atoms with Gasteiger partial charge in [0.1, 0.15) is 6.73 Å². The number of ether oxygens (including phenoxy) is 1. The Balaban J connectivity index is 2.63. The topological polar surface area (TPSA) is 87.3 Å². The van der Waals surface area contributed by atoms with Crippen LogP contribution >= 0.6 is 0 Å². The van der Waals surface area contributed by atoms with Crippen molar-refractivity contribution in [3.8, 4) is 11.3 Å². The summed E-state index contributed by atoms with van der Waals surface area (Å²) < 4.78 is 5.97. The van der Waals surface area contributed by atoms with E-state index in [1.807, 2.05) is 6.07 Å². The highest BCUT2D eigenvalue weighted by molar-refractivity contribution is 5.58. The van der Waals surface area contributed by atoms with Crippen LogP contribution in [0.3, 0.4) is 0 Å². The van der Waals surface area contributed by atoms with Gasteiger partial charge < -0.3 is 14.9 Å². The number of aromatic nitrogens is 2. The first kappa shape index (κ1) is 12.9. The first-order chi connectivity index (χ1) is 9.13. The van der Waals surface area contributed by atoms with E-state index in [2.05, 4.69) is 4.98 Å². The van der Waals surface area contributed by atoms with E-state index in [1.165, 1.54) is 13.3 Å². The van der Waals surface area contributed by atoms with Gasteiger partial charge in [-0.2, -0.15) is 0 Å². The van der Waals surface area contributed by atoms with Crippen molar-refractivity contribution in [1.29, 1.82) is 0 Å². The largest absolute Gasteiger partial charge is 0.430 e. The third kappa shape index (κ3) is 2.66. The van der Waals surface area contributed by atoms with Crippen molar-refractivity contribution < 1.29 is 9.66 Å². The summed E-state index contributed by atoms with van der Waals surface area (Å²) in [6.45, 7) is -0.0674. The highest BCUT2D eigenvalue weighted by atomic mass is 16.6. The molecule has 1 heterocycles. The number of methoxy groups -OCH3 is 1. The minimum atomic E-state index is -0.791. The van der Waals surface area contributed by atoms with Crippen molar-refractivity contribution in [2.75, 3.05) is 7.11 Å². The van der Waals surface area contributed by atoms with Crippen LogP contribution in [0.5, 0.6) is 0 Å². The molecule has 0 atom stereocenters. The van der Waals surface area contributed by atoms with Crippen molar-refractivity contribution in [2.45, 2.75) is 6.73 Å². The van der Waals surface area contributed by atoms with E-state index in [-0.39, 0.29) is 6.73 Å². The zero-order chi connectivity index (χ0) is 13.8. The lowest BCUT2D eigenvalue weighted by Gasteiger charge is -2.05. The third-order valence-corrected chi connectivity index (χ3v) is 2.47. The van der Waals surface area contributed by atoms with Gasteiger partial charge in [-0.15, -0.1) is 0 Å². The molecule has 0 aliphatic heterocycles. The molecule has 7 heteroatoms. The van der Waals surface area contributed by atoms with Crippen molar-refractivity contribution >= 4 is 5.82 Å². The molecular formula is C12H11N3O4. The second-order valence-corrected chi connectivity index (χ2v) is 3.77. The van der Waals surface area contributed by atoms with Crippen molar-refractivity contribution in [3.05, 3.63) is 57.0 Å². The molecule has 7 nitrogen and oxygen atoms in total. The van der Waals surface area contributed by atoms with Crippen LogP contribution < -0.4 is 5.56 Å². The Hall–Kier alpha value is -2.54. The van der Waals surface area contributed by atoms with Crippen LogP contribution in [0.25, 0.3) is 11.3 Å². The van der Waals surface area contributed by atoms with Crippen LogP contribution in [0, 0.1) is 10.1 Å². The predicted molar refractivity (Wildman–Crippen MR) is 67.6 cm³/mol. The average molecular weight is 261 g/mol. The van der Waals surface area contributed by atoms with E-state index < -0.39 is 16.3 Å². The van der Waals surface area contributed by atoms with Gasteiger partial charge >= 0.3 is 11.4 Å². The van der Waals surface area contributed by atoms with Crippen molar-refractivity contribution in [1.82, 2.24) is 9.55 Å². The van der Waals surface area contributed by atoms with Crippen LogP contribution in [0.15, 0.2) is 41.3 Å². The maximum Gasteiger partial charge on any atom is 0.430 e.